The summed E-state index contributed by atoms with van der Waals surface area (Å²) in [5.74, 6) is 1.41. The fraction of sp³-hybridized carbons (Fsp3) is 0.400. The van der Waals surface area contributed by atoms with E-state index >= 15 is 0 Å². The van der Waals surface area contributed by atoms with Gasteiger partial charge in [0.2, 0.25) is 0 Å². The van der Waals surface area contributed by atoms with E-state index in [4.69, 9.17) is 9.47 Å². The van der Waals surface area contributed by atoms with Crippen LogP contribution in [0, 0.1) is 0 Å². The highest BCUT2D eigenvalue weighted by atomic mass is 79.9. The van der Waals surface area contributed by atoms with Crippen LogP contribution in [0.4, 0.5) is 0 Å². The van der Waals surface area contributed by atoms with E-state index in [9.17, 15) is 5.11 Å². The van der Waals surface area contributed by atoms with Crippen LogP contribution >= 0.6 is 15.9 Å². The van der Waals surface area contributed by atoms with Gasteiger partial charge in [-0.15, -0.1) is 0 Å². The maximum absolute atomic E-state index is 9.70. The van der Waals surface area contributed by atoms with Gasteiger partial charge < -0.3 is 14.6 Å². The molecule has 6 heteroatoms. The van der Waals surface area contributed by atoms with Crippen molar-refractivity contribution in [1.29, 1.82) is 0 Å². The Labute approximate surface area is 131 Å². The van der Waals surface area contributed by atoms with E-state index in [0.29, 0.717) is 24.7 Å². The maximum Gasteiger partial charge on any atom is 0.131 e. The Balaban J connectivity index is 1.75. The van der Waals surface area contributed by atoms with E-state index in [1.165, 1.54) is 0 Å². The predicted octanol–water partition coefficient (Wildman–Crippen LogP) is 2.75. The number of ether oxygens (including phenoxy) is 2. The molecule has 1 aliphatic rings. The summed E-state index contributed by atoms with van der Waals surface area (Å²) in [5, 5.41) is 14.1. The number of halogens is 1. The summed E-state index contributed by atoms with van der Waals surface area (Å²) in [6, 6.07) is 5.51. The summed E-state index contributed by atoms with van der Waals surface area (Å²) in [6.07, 6.45) is 0.339. The maximum atomic E-state index is 9.70. The molecule has 1 aromatic carbocycles. The fourth-order valence-corrected chi connectivity index (χ4v) is 3.12. The number of fused-ring (bicyclic) bond motifs is 1. The van der Waals surface area contributed by atoms with Gasteiger partial charge in [0.25, 0.3) is 0 Å². The molecule has 21 heavy (non-hydrogen) atoms. The van der Waals surface area contributed by atoms with Crippen molar-refractivity contribution in [3.05, 3.63) is 39.6 Å². The molecule has 0 fully saturated rings. The second kappa shape index (κ2) is 5.69. The summed E-state index contributed by atoms with van der Waals surface area (Å²) in [6.45, 7) is 2.80. The van der Waals surface area contributed by atoms with Crippen molar-refractivity contribution >= 4 is 15.9 Å². The van der Waals surface area contributed by atoms with Crippen LogP contribution in [0.5, 0.6) is 11.5 Å². The summed E-state index contributed by atoms with van der Waals surface area (Å²) < 4.78 is 14.1. The zero-order valence-corrected chi connectivity index (χ0v) is 13.6. The lowest BCUT2D eigenvalue weighted by Crippen LogP contribution is -2.03. The van der Waals surface area contributed by atoms with Gasteiger partial charge in [-0.1, -0.05) is 6.92 Å². The molecule has 1 aliphatic heterocycles. The van der Waals surface area contributed by atoms with Crippen molar-refractivity contribution in [3.63, 3.8) is 0 Å². The normalized spacial score (nSPS) is 16.7. The van der Waals surface area contributed by atoms with Gasteiger partial charge in [-0.3, -0.25) is 4.68 Å². The van der Waals surface area contributed by atoms with Crippen LogP contribution in [0.15, 0.2) is 22.7 Å². The SMILES string of the molecule is CCc1nn(C)c(COc2ccc3c(c2)OCC3O)c1Br. The van der Waals surface area contributed by atoms with Crippen LogP contribution in [0.1, 0.15) is 30.0 Å². The first-order valence-corrected chi connectivity index (χ1v) is 7.67. The van der Waals surface area contributed by atoms with Crippen LogP contribution in [-0.2, 0) is 20.1 Å². The molecule has 2 aromatic rings. The molecule has 1 atom stereocenters. The molecule has 2 heterocycles. The van der Waals surface area contributed by atoms with E-state index in [1.54, 1.807) is 0 Å². The second-order valence-electron chi connectivity index (χ2n) is 5.00. The van der Waals surface area contributed by atoms with Gasteiger partial charge in [-0.25, -0.2) is 0 Å². The molecule has 3 rings (SSSR count). The first-order chi connectivity index (χ1) is 10.1. The topological polar surface area (TPSA) is 56.5 Å². The average molecular weight is 353 g/mol. The minimum absolute atomic E-state index is 0.311. The van der Waals surface area contributed by atoms with Crippen molar-refractivity contribution in [2.45, 2.75) is 26.1 Å². The van der Waals surface area contributed by atoms with E-state index in [-0.39, 0.29) is 0 Å². The van der Waals surface area contributed by atoms with Gasteiger partial charge in [0.15, 0.2) is 0 Å². The summed E-state index contributed by atoms with van der Waals surface area (Å²) in [5.41, 5.74) is 2.84. The van der Waals surface area contributed by atoms with E-state index in [1.807, 2.05) is 29.9 Å². The largest absolute Gasteiger partial charge is 0.490 e. The number of benzene rings is 1. The van der Waals surface area contributed by atoms with Crippen molar-refractivity contribution in [2.24, 2.45) is 7.05 Å². The Morgan fingerprint density at radius 1 is 1.52 bits per heavy atom. The molecule has 1 aromatic heterocycles. The zero-order valence-electron chi connectivity index (χ0n) is 12.0. The fourth-order valence-electron chi connectivity index (χ4n) is 2.39. The predicted molar refractivity (Wildman–Crippen MR) is 81.5 cm³/mol. The van der Waals surface area contributed by atoms with Crippen LogP contribution < -0.4 is 9.47 Å². The number of aliphatic hydroxyl groups is 1. The molecule has 0 radical (unpaired) electrons. The van der Waals surface area contributed by atoms with Gasteiger partial charge in [0.1, 0.15) is 30.8 Å². The highest BCUT2D eigenvalue weighted by Crippen LogP contribution is 2.35. The van der Waals surface area contributed by atoms with Crippen LogP contribution in [0.25, 0.3) is 0 Å². The molecule has 0 saturated carbocycles. The number of hydrogen-bond acceptors (Lipinski definition) is 4. The van der Waals surface area contributed by atoms with Gasteiger partial charge >= 0.3 is 0 Å². The highest BCUT2D eigenvalue weighted by molar-refractivity contribution is 9.10. The summed E-state index contributed by atoms with van der Waals surface area (Å²) >= 11 is 3.57. The van der Waals surface area contributed by atoms with Gasteiger partial charge in [0, 0.05) is 18.7 Å². The minimum atomic E-state index is -0.535. The molecule has 112 valence electrons. The first kappa shape index (κ1) is 14.4. The van der Waals surface area contributed by atoms with Gasteiger partial charge in [-0.2, -0.15) is 5.10 Å². The first-order valence-electron chi connectivity index (χ1n) is 6.88. The number of aryl methyl sites for hydroxylation is 2. The lowest BCUT2D eigenvalue weighted by molar-refractivity contribution is 0.140. The zero-order chi connectivity index (χ0) is 15.0. The quantitative estimate of drug-likeness (QED) is 0.918. The monoisotopic (exact) mass is 352 g/mol. The summed E-state index contributed by atoms with van der Waals surface area (Å²) in [7, 11) is 1.91. The number of aromatic nitrogens is 2. The van der Waals surface area contributed by atoms with E-state index in [0.717, 1.165) is 27.8 Å². The highest BCUT2D eigenvalue weighted by Gasteiger charge is 2.22. The van der Waals surface area contributed by atoms with Crippen molar-refractivity contribution in [2.75, 3.05) is 6.61 Å². The number of hydrogen-bond donors (Lipinski definition) is 1. The summed E-state index contributed by atoms with van der Waals surface area (Å²) in [4.78, 5) is 0. The lowest BCUT2D eigenvalue weighted by Gasteiger charge is -2.08. The Morgan fingerprint density at radius 3 is 3.05 bits per heavy atom. The molecule has 0 amide bonds. The van der Waals surface area contributed by atoms with Gasteiger partial charge in [0.05, 0.1) is 15.9 Å². The lowest BCUT2D eigenvalue weighted by atomic mass is 10.1. The molecule has 5 nitrogen and oxygen atoms in total. The third-order valence-corrected chi connectivity index (χ3v) is 4.53. The molecular formula is C15H17BrN2O3. The molecule has 0 aliphatic carbocycles. The van der Waals surface area contributed by atoms with Crippen LogP contribution in [0.3, 0.4) is 0 Å². The van der Waals surface area contributed by atoms with Crippen LogP contribution in [0.2, 0.25) is 0 Å². The molecule has 0 spiro atoms. The molecule has 1 N–H and O–H groups in total. The van der Waals surface area contributed by atoms with E-state index in [2.05, 4.69) is 28.0 Å². The number of nitrogens with zero attached hydrogens (tertiary/aromatic N) is 2. The number of rotatable bonds is 4. The Bertz CT molecular complexity index is 669. The smallest absolute Gasteiger partial charge is 0.131 e. The van der Waals surface area contributed by atoms with Crippen molar-refractivity contribution in [3.8, 4) is 11.5 Å². The van der Waals surface area contributed by atoms with Crippen LogP contribution in [-0.4, -0.2) is 21.5 Å². The third kappa shape index (κ3) is 2.65. The van der Waals surface area contributed by atoms with E-state index < -0.39 is 6.10 Å². The third-order valence-electron chi connectivity index (χ3n) is 3.62. The second-order valence-corrected chi connectivity index (χ2v) is 5.79. The van der Waals surface area contributed by atoms with Gasteiger partial charge in [-0.05, 0) is 34.5 Å². The Morgan fingerprint density at radius 2 is 2.33 bits per heavy atom. The Hall–Kier alpha value is -1.53. The average Bonchev–Trinajstić information content (AvgIpc) is 2.98. The molecular weight excluding hydrogens is 336 g/mol. The Kier molecular flexibility index (Phi) is 3.91. The van der Waals surface area contributed by atoms with Crippen molar-refractivity contribution < 1.29 is 14.6 Å². The molecule has 1 unspecified atom stereocenters. The molecule has 0 bridgehead atoms. The minimum Gasteiger partial charge on any atom is -0.490 e. The number of aliphatic hydroxyl groups excluding tert-OH is 1. The van der Waals surface area contributed by atoms with Crippen molar-refractivity contribution in [1.82, 2.24) is 9.78 Å². The molecule has 0 saturated heterocycles. The standard InChI is InChI=1S/C15H17BrN2O3/c1-3-11-15(16)12(18(2)17-11)7-20-9-4-5-10-13(19)8-21-14(10)6-9/h4-6,13,19H,3,7-8H2,1-2H3.